The van der Waals surface area contributed by atoms with Crippen LogP contribution in [-0.2, 0) is 14.8 Å². The maximum Gasteiger partial charge on any atom is 0.272 e. The van der Waals surface area contributed by atoms with Crippen molar-refractivity contribution in [1.29, 1.82) is 0 Å². The second kappa shape index (κ2) is 8.77. The highest BCUT2D eigenvalue weighted by molar-refractivity contribution is 7.89. The Kier molecular flexibility index (Phi) is 6.70. The van der Waals surface area contributed by atoms with E-state index in [2.05, 4.69) is 19.3 Å². The van der Waals surface area contributed by atoms with Crippen LogP contribution in [0.3, 0.4) is 0 Å². The molecule has 0 heterocycles. The minimum absolute atomic E-state index is 0.0457. The van der Waals surface area contributed by atoms with E-state index in [1.807, 2.05) is 4.83 Å². The van der Waals surface area contributed by atoms with E-state index in [1.165, 1.54) is 36.4 Å². The summed E-state index contributed by atoms with van der Waals surface area (Å²) < 4.78 is 42.3. The van der Waals surface area contributed by atoms with Crippen LogP contribution in [0.2, 0.25) is 0 Å². The predicted molar refractivity (Wildman–Crippen MR) is 95.5 cm³/mol. The molecule has 0 aromatic heterocycles. The van der Waals surface area contributed by atoms with Gasteiger partial charge in [0.05, 0.1) is 4.90 Å². The average Bonchev–Trinajstić information content (AvgIpc) is 2.65. The summed E-state index contributed by atoms with van der Waals surface area (Å²) in [6.07, 6.45) is 0.953. The summed E-state index contributed by atoms with van der Waals surface area (Å²) in [6.45, 7) is 3.70. The first-order chi connectivity index (χ1) is 12.3. The van der Waals surface area contributed by atoms with Gasteiger partial charge < -0.3 is 4.74 Å². The monoisotopic (exact) mass is 380 g/mol. The van der Waals surface area contributed by atoms with Crippen molar-refractivity contribution in [1.82, 2.24) is 10.3 Å². The molecule has 0 saturated heterocycles. The van der Waals surface area contributed by atoms with Crippen molar-refractivity contribution in [2.75, 3.05) is 6.61 Å². The van der Waals surface area contributed by atoms with Crippen molar-refractivity contribution in [2.45, 2.75) is 31.1 Å². The molecule has 26 heavy (non-hydrogen) atoms. The number of ether oxygens (including phenoxy) is 1. The van der Waals surface area contributed by atoms with Crippen LogP contribution < -0.4 is 15.0 Å². The number of nitrogens with one attached hydrogen (secondary N) is 2. The Labute approximate surface area is 152 Å². The zero-order valence-corrected chi connectivity index (χ0v) is 15.3. The fourth-order valence-electron chi connectivity index (χ4n) is 2.11. The number of benzene rings is 2. The van der Waals surface area contributed by atoms with Gasteiger partial charge in [-0.1, -0.05) is 26.0 Å². The Bertz CT molecular complexity index is 836. The van der Waals surface area contributed by atoms with Crippen molar-refractivity contribution >= 4 is 15.9 Å². The van der Waals surface area contributed by atoms with Gasteiger partial charge in [0.15, 0.2) is 6.61 Å². The SMILES string of the molecule is CC[C@@H](C)c1ccc(S(=O)(=O)NNC(=O)COc2ccc(F)cc2)cc1. The molecule has 0 aliphatic carbocycles. The summed E-state index contributed by atoms with van der Waals surface area (Å²) in [5.74, 6) is -0.476. The number of hydrazine groups is 1. The lowest BCUT2D eigenvalue weighted by Gasteiger charge is -2.11. The molecule has 6 nitrogen and oxygen atoms in total. The van der Waals surface area contributed by atoms with Crippen molar-refractivity contribution < 1.29 is 22.3 Å². The number of sulfonamides is 1. The summed E-state index contributed by atoms with van der Waals surface area (Å²) in [5, 5.41) is 0. The molecule has 0 unspecified atom stereocenters. The van der Waals surface area contributed by atoms with Crippen LogP contribution >= 0.6 is 0 Å². The maximum atomic E-state index is 12.8. The van der Waals surface area contributed by atoms with Gasteiger partial charge >= 0.3 is 0 Å². The van der Waals surface area contributed by atoms with E-state index >= 15 is 0 Å². The molecule has 2 aromatic rings. The highest BCUT2D eigenvalue weighted by Crippen LogP contribution is 2.20. The zero-order chi connectivity index (χ0) is 19.2. The highest BCUT2D eigenvalue weighted by Gasteiger charge is 2.16. The smallest absolute Gasteiger partial charge is 0.272 e. The minimum atomic E-state index is -3.88. The Morgan fingerprint density at radius 1 is 1.12 bits per heavy atom. The number of halogens is 1. The lowest BCUT2D eigenvalue weighted by molar-refractivity contribution is -0.123. The van der Waals surface area contributed by atoms with Crippen molar-refractivity contribution in [3.05, 3.63) is 59.9 Å². The number of hydrogen-bond donors (Lipinski definition) is 2. The van der Waals surface area contributed by atoms with Gasteiger partial charge in [0.1, 0.15) is 11.6 Å². The molecule has 2 rings (SSSR count). The van der Waals surface area contributed by atoms with Gasteiger partial charge in [-0.15, -0.1) is 4.83 Å². The first kappa shape index (κ1) is 19.9. The fourth-order valence-corrected chi connectivity index (χ4v) is 2.97. The van der Waals surface area contributed by atoms with E-state index in [0.717, 1.165) is 12.0 Å². The summed E-state index contributed by atoms with van der Waals surface area (Å²) >= 11 is 0. The number of amides is 1. The first-order valence-electron chi connectivity index (χ1n) is 8.11. The quantitative estimate of drug-likeness (QED) is 0.690. The number of rotatable bonds is 8. The van der Waals surface area contributed by atoms with Gasteiger partial charge in [-0.2, -0.15) is 0 Å². The third kappa shape index (κ3) is 5.53. The van der Waals surface area contributed by atoms with Crippen molar-refractivity contribution in [2.24, 2.45) is 0 Å². The molecule has 0 saturated carbocycles. The molecule has 0 bridgehead atoms. The lowest BCUT2D eigenvalue weighted by atomic mass is 9.99. The van der Waals surface area contributed by atoms with Crippen LogP contribution in [0.4, 0.5) is 4.39 Å². The molecule has 1 amide bonds. The van der Waals surface area contributed by atoms with Gasteiger partial charge in [0.25, 0.3) is 15.9 Å². The molecule has 0 aliphatic heterocycles. The molecule has 8 heteroatoms. The second-order valence-corrected chi connectivity index (χ2v) is 7.46. The van der Waals surface area contributed by atoms with Gasteiger partial charge in [-0.05, 0) is 54.3 Å². The van der Waals surface area contributed by atoms with E-state index in [0.29, 0.717) is 11.7 Å². The summed E-state index contributed by atoms with van der Waals surface area (Å²) in [7, 11) is -3.88. The summed E-state index contributed by atoms with van der Waals surface area (Å²) in [4.78, 5) is 13.8. The Morgan fingerprint density at radius 3 is 2.31 bits per heavy atom. The van der Waals surface area contributed by atoms with Crippen LogP contribution in [0.1, 0.15) is 31.7 Å². The average molecular weight is 380 g/mol. The van der Waals surface area contributed by atoms with E-state index in [9.17, 15) is 17.6 Å². The van der Waals surface area contributed by atoms with Crippen LogP contribution in [0, 0.1) is 5.82 Å². The highest BCUT2D eigenvalue weighted by atomic mass is 32.2. The molecule has 0 aliphatic rings. The van der Waals surface area contributed by atoms with E-state index < -0.39 is 28.4 Å². The van der Waals surface area contributed by atoms with E-state index in [1.54, 1.807) is 12.1 Å². The van der Waals surface area contributed by atoms with Gasteiger partial charge in [-0.25, -0.2) is 12.8 Å². The van der Waals surface area contributed by atoms with Crippen molar-refractivity contribution in [3.8, 4) is 5.75 Å². The lowest BCUT2D eigenvalue weighted by Crippen LogP contribution is -2.43. The molecule has 1 atom stereocenters. The molecular formula is C18H21FN2O4S. The maximum absolute atomic E-state index is 12.8. The topological polar surface area (TPSA) is 84.5 Å². The Hall–Kier alpha value is -2.45. The van der Waals surface area contributed by atoms with E-state index in [-0.39, 0.29) is 4.90 Å². The van der Waals surface area contributed by atoms with Gasteiger partial charge in [0.2, 0.25) is 0 Å². The summed E-state index contributed by atoms with van der Waals surface area (Å²) in [6, 6.07) is 11.6. The predicted octanol–water partition coefficient (Wildman–Crippen LogP) is 2.73. The third-order valence-corrected chi connectivity index (χ3v) is 5.14. The van der Waals surface area contributed by atoms with Crippen LogP contribution in [0.25, 0.3) is 0 Å². The zero-order valence-electron chi connectivity index (χ0n) is 14.5. The molecular weight excluding hydrogens is 359 g/mol. The molecule has 2 aromatic carbocycles. The molecule has 0 radical (unpaired) electrons. The Morgan fingerprint density at radius 2 is 1.73 bits per heavy atom. The third-order valence-electron chi connectivity index (χ3n) is 3.88. The number of carbonyl (C=O) groups excluding carboxylic acids is 1. The standard InChI is InChI=1S/C18H21FN2O4S/c1-3-13(2)14-4-10-17(11-5-14)26(23,24)21-20-18(22)12-25-16-8-6-15(19)7-9-16/h4-11,13,21H,3,12H2,1-2H3,(H,20,22)/t13-/m1/s1. The molecule has 0 spiro atoms. The number of hydrogen-bond acceptors (Lipinski definition) is 4. The molecule has 0 fully saturated rings. The van der Waals surface area contributed by atoms with Crippen LogP contribution in [0.15, 0.2) is 53.4 Å². The fraction of sp³-hybridized carbons (Fsp3) is 0.278. The minimum Gasteiger partial charge on any atom is -0.484 e. The first-order valence-corrected chi connectivity index (χ1v) is 9.59. The van der Waals surface area contributed by atoms with E-state index in [4.69, 9.17) is 4.74 Å². The van der Waals surface area contributed by atoms with Crippen LogP contribution in [-0.4, -0.2) is 20.9 Å². The largest absolute Gasteiger partial charge is 0.484 e. The van der Waals surface area contributed by atoms with Gasteiger partial charge in [-0.3, -0.25) is 10.2 Å². The number of carbonyl (C=O) groups is 1. The van der Waals surface area contributed by atoms with Crippen molar-refractivity contribution in [3.63, 3.8) is 0 Å². The second-order valence-electron chi connectivity index (χ2n) is 5.77. The normalized spacial score (nSPS) is 12.4. The molecule has 140 valence electrons. The summed E-state index contributed by atoms with van der Waals surface area (Å²) in [5.41, 5.74) is 3.12. The van der Waals surface area contributed by atoms with Crippen LogP contribution in [0.5, 0.6) is 5.75 Å². The Balaban J connectivity index is 1.88. The van der Waals surface area contributed by atoms with Gasteiger partial charge in [0, 0.05) is 0 Å². The molecule has 2 N–H and O–H groups in total.